The lowest BCUT2D eigenvalue weighted by atomic mass is 10.2. The molecule has 0 aliphatic carbocycles. The zero-order valence-electron chi connectivity index (χ0n) is 7.41. The zero-order chi connectivity index (χ0) is 10.1. The third-order valence-electron chi connectivity index (χ3n) is 1.93. The second-order valence-corrected chi connectivity index (χ2v) is 3.64. The van der Waals surface area contributed by atoms with Gasteiger partial charge in [-0.2, -0.15) is 0 Å². The molecule has 0 saturated carbocycles. The van der Waals surface area contributed by atoms with Crippen molar-refractivity contribution in [2.75, 3.05) is 7.11 Å². The highest BCUT2D eigenvalue weighted by molar-refractivity contribution is 9.10. The summed E-state index contributed by atoms with van der Waals surface area (Å²) in [4.78, 5) is 11.3. The molecule has 0 N–H and O–H groups in total. The van der Waals surface area contributed by atoms with Gasteiger partial charge in [0.2, 0.25) is 0 Å². The number of esters is 1. The molecule has 0 atom stereocenters. The minimum absolute atomic E-state index is 0.353. The largest absolute Gasteiger partial charge is 0.465 e. The van der Waals surface area contributed by atoms with Crippen LogP contribution in [0.3, 0.4) is 0 Å². The monoisotopic (exact) mass is 254 g/mol. The highest BCUT2D eigenvalue weighted by atomic mass is 79.9. The maximum absolute atomic E-state index is 11.3. The summed E-state index contributed by atoms with van der Waals surface area (Å²) >= 11 is 3.32. The van der Waals surface area contributed by atoms with E-state index in [1.54, 1.807) is 24.5 Å². The maximum atomic E-state index is 11.3. The Morgan fingerprint density at radius 1 is 1.50 bits per heavy atom. The molecule has 0 fully saturated rings. The van der Waals surface area contributed by atoms with Crippen LogP contribution in [0.5, 0.6) is 0 Å². The number of furan rings is 1. The molecule has 0 aliphatic heterocycles. The van der Waals surface area contributed by atoms with E-state index in [9.17, 15) is 4.79 Å². The van der Waals surface area contributed by atoms with Crippen molar-refractivity contribution in [1.29, 1.82) is 0 Å². The van der Waals surface area contributed by atoms with Crippen LogP contribution >= 0.6 is 15.9 Å². The van der Waals surface area contributed by atoms with Gasteiger partial charge >= 0.3 is 5.97 Å². The van der Waals surface area contributed by atoms with Crippen LogP contribution in [0.2, 0.25) is 0 Å². The summed E-state index contributed by atoms with van der Waals surface area (Å²) in [6, 6.07) is 5.21. The number of hydrogen-bond acceptors (Lipinski definition) is 3. The fraction of sp³-hybridized carbons (Fsp3) is 0.100. The van der Waals surface area contributed by atoms with E-state index in [2.05, 4.69) is 20.7 Å². The molecule has 0 saturated heterocycles. The summed E-state index contributed by atoms with van der Waals surface area (Å²) in [5, 5.41) is 0.875. The molecule has 0 spiro atoms. The van der Waals surface area contributed by atoms with Gasteiger partial charge in [-0.1, -0.05) is 0 Å². The molecule has 0 bridgehead atoms. The minimum Gasteiger partial charge on any atom is -0.465 e. The van der Waals surface area contributed by atoms with Crippen molar-refractivity contribution in [2.24, 2.45) is 0 Å². The van der Waals surface area contributed by atoms with E-state index in [0.717, 1.165) is 15.4 Å². The Morgan fingerprint density at radius 2 is 2.29 bits per heavy atom. The Labute approximate surface area is 88.8 Å². The lowest BCUT2D eigenvalue weighted by Crippen LogP contribution is -2.00. The standard InChI is InChI=1S/C10H7BrO3/c1-13-10(12)7-4-6-2-3-14-9(6)8(11)5-7/h2-5H,1H3. The van der Waals surface area contributed by atoms with Crippen LogP contribution in [0.1, 0.15) is 10.4 Å². The Bertz CT molecular complexity index is 487. The van der Waals surface area contributed by atoms with Crippen LogP contribution in [0, 0.1) is 0 Å². The van der Waals surface area contributed by atoms with Crippen molar-refractivity contribution >= 4 is 32.9 Å². The first-order valence-corrected chi connectivity index (χ1v) is 4.77. The van der Waals surface area contributed by atoms with Crippen LogP contribution in [-0.4, -0.2) is 13.1 Å². The first-order valence-electron chi connectivity index (χ1n) is 3.97. The molecule has 14 heavy (non-hydrogen) atoms. The third-order valence-corrected chi connectivity index (χ3v) is 2.52. The number of carbonyl (C=O) groups is 1. The second kappa shape index (κ2) is 3.46. The molecule has 0 amide bonds. The van der Waals surface area contributed by atoms with Gasteiger partial charge in [-0.3, -0.25) is 0 Å². The van der Waals surface area contributed by atoms with Gasteiger partial charge in [0, 0.05) is 5.39 Å². The number of fused-ring (bicyclic) bond motifs is 1. The van der Waals surface area contributed by atoms with Crippen LogP contribution in [-0.2, 0) is 4.74 Å². The van der Waals surface area contributed by atoms with Crippen molar-refractivity contribution in [1.82, 2.24) is 0 Å². The highest BCUT2D eigenvalue weighted by Gasteiger charge is 2.10. The van der Waals surface area contributed by atoms with Crippen LogP contribution in [0.15, 0.2) is 33.4 Å². The van der Waals surface area contributed by atoms with E-state index >= 15 is 0 Å². The zero-order valence-corrected chi connectivity index (χ0v) is 9.00. The van der Waals surface area contributed by atoms with Gasteiger partial charge in [0.15, 0.2) is 0 Å². The maximum Gasteiger partial charge on any atom is 0.337 e. The molecule has 1 aromatic heterocycles. The molecular formula is C10H7BrO3. The Hall–Kier alpha value is -1.29. The lowest BCUT2D eigenvalue weighted by molar-refractivity contribution is 0.0601. The van der Waals surface area contributed by atoms with Gasteiger partial charge in [0.25, 0.3) is 0 Å². The van der Waals surface area contributed by atoms with Gasteiger partial charge in [-0.25, -0.2) is 4.79 Å². The van der Waals surface area contributed by atoms with Crippen molar-refractivity contribution < 1.29 is 13.9 Å². The number of halogens is 1. The fourth-order valence-corrected chi connectivity index (χ4v) is 1.84. The van der Waals surface area contributed by atoms with E-state index in [0.29, 0.717) is 5.56 Å². The quantitative estimate of drug-likeness (QED) is 0.735. The molecule has 0 unspecified atom stereocenters. The summed E-state index contributed by atoms with van der Waals surface area (Å²) in [6.07, 6.45) is 1.58. The molecule has 4 heteroatoms. The highest BCUT2D eigenvalue weighted by Crippen LogP contribution is 2.26. The molecule has 72 valence electrons. The first kappa shape index (κ1) is 9.27. The Morgan fingerprint density at radius 3 is 3.00 bits per heavy atom. The molecule has 2 aromatic rings. The van der Waals surface area contributed by atoms with Gasteiger partial charge in [0.05, 0.1) is 23.4 Å². The summed E-state index contributed by atoms with van der Waals surface area (Å²) in [5.74, 6) is -0.353. The Balaban J connectivity index is 2.64. The fourth-order valence-electron chi connectivity index (χ4n) is 1.27. The van der Waals surface area contributed by atoms with Gasteiger partial charge in [-0.15, -0.1) is 0 Å². The van der Waals surface area contributed by atoms with Crippen molar-refractivity contribution in [2.45, 2.75) is 0 Å². The van der Waals surface area contributed by atoms with Crippen molar-refractivity contribution in [3.8, 4) is 0 Å². The van der Waals surface area contributed by atoms with E-state index in [1.807, 2.05) is 0 Å². The number of carbonyl (C=O) groups excluding carboxylic acids is 1. The molecule has 1 aromatic carbocycles. The predicted octanol–water partition coefficient (Wildman–Crippen LogP) is 2.98. The van der Waals surface area contributed by atoms with Gasteiger partial charge < -0.3 is 9.15 Å². The first-order chi connectivity index (χ1) is 6.72. The van der Waals surface area contributed by atoms with Crippen LogP contribution in [0.4, 0.5) is 0 Å². The average Bonchev–Trinajstić information content (AvgIpc) is 2.64. The van der Waals surface area contributed by atoms with Crippen molar-refractivity contribution in [3.63, 3.8) is 0 Å². The smallest absolute Gasteiger partial charge is 0.337 e. The summed E-state index contributed by atoms with van der Waals surface area (Å²) in [6.45, 7) is 0. The number of rotatable bonds is 1. The summed E-state index contributed by atoms with van der Waals surface area (Å²) in [7, 11) is 1.36. The van der Waals surface area contributed by atoms with E-state index in [4.69, 9.17) is 4.42 Å². The summed E-state index contributed by atoms with van der Waals surface area (Å²) in [5.41, 5.74) is 1.24. The molecule has 1 heterocycles. The SMILES string of the molecule is COC(=O)c1cc(Br)c2occc2c1. The predicted molar refractivity (Wildman–Crippen MR) is 55.3 cm³/mol. The molecule has 2 rings (SSSR count). The summed E-state index contributed by atoms with van der Waals surface area (Å²) < 4.78 is 10.6. The number of ether oxygens (including phenoxy) is 1. The van der Waals surface area contributed by atoms with Crippen LogP contribution < -0.4 is 0 Å². The average molecular weight is 255 g/mol. The van der Waals surface area contributed by atoms with Crippen molar-refractivity contribution in [3.05, 3.63) is 34.5 Å². The third kappa shape index (κ3) is 1.42. The van der Waals surface area contributed by atoms with E-state index in [-0.39, 0.29) is 5.97 Å². The second-order valence-electron chi connectivity index (χ2n) is 2.79. The number of hydrogen-bond donors (Lipinski definition) is 0. The number of methoxy groups -OCH3 is 1. The molecular weight excluding hydrogens is 248 g/mol. The molecule has 0 radical (unpaired) electrons. The number of benzene rings is 1. The van der Waals surface area contributed by atoms with E-state index in [1.165, 1.54) is 7.11 Å². The molecule has 3 nitrogen and oxygen atoms in total. The Kier molecular flexibility index (Phi) is 2.29. The van der Waals surface area contributed by atoms with Gasteiger partial charge in [0.1, 0.15) is 5.58 Å². The van der Waals surface area contributed by atoms with E-state index < -0.39 is 0 Å². The van der Waals surface area contributed by atoms with Gasteiger partial charge in [-0.05, 0) is 34.1 Å². The topological polar surface area (TPSA) is 39.4 Å². The molecule has 0 aliphatic rings. The van der Waals surface area contributed by atoms with Crippen LogP contribution in [0.25, 0.3) is 11.0 Å². The normalized spacial score (nSPS) is 10.4. The lowest BCUT2D eigenvalue weighted by Gasteiger charge is -2.00. The minimum atomic E-state index is -0.353.